The van der Waals surface area contributed by atoms with E-state index in [-0.39, 0.29) is 11.4 Å². The number of amides is 1. The zero-order valence-corrected chi connectivity index (χ0v) is 9.29. The number of carbonyl (C=O) groups is 1. The van der Waals surface area contributed by atoms with Crippen molar-refractivity contribution < 1.29 is 4.79 Å². The molecule has 1 amide bonds. The van der Waals surface area contributed by atoms with Crippen molar-refractivity contribution in [2.24, 2.45) is 0 Å². The van der Waals surface area contributed by atoms with E-state index in [1.165, 1.54) is 0 Å². The van der Waals surface area contributed by atoms with Gasteiger partial charge >= 0.3 is 0 Å². The summed E-state index contributed by atoms with van der Waals surface area (Å²) in [4.78, 5) is 11.6. The van der Waals surface area contributed by atoms with Gasteiger partial charge in [0, 0.05) is 10.9 Å². The van der Waals surface area contributed by atoms with E-state index in [1.54, 1.807) is 11.3 Å². The van der Waals surface area contributed by atoms with E-state index in [4.69, 9.17) is 0 Å². The Morgan fingerprint density at radius 2 is 2.00 bits per heavy atom. The fourth-order valence-electron chi connectivity index (χ4n) is 1.00. The summed E-state index contributed by atoms with van der Waals surface area (Å²) in [6, 6.07) is 0. The summed E-state index contributed by atoms with van der Waals surface area (Å²) in [5, 5.41) is 6.80. The number of hydrogen-bond donors (Lipinski definition) is 1. The quantitative estimate of drug-likeness (QED) is 0.736. The molecule has 0 saturated carbocycles. The molecule has 1 heterocycles. The maximum atomic E-state index is 11.6. The van der Waals surface area contributed by atoms with Crippen LogP contribution in [0.5, 0.6) is 0 Å². The summed E-state index contributed by atoms with van der Waals surface area (Å²) >= 11 is 1.56. The number of nitrogens with one attached hydrogen (secondary N) is 1. The highest BCUT2D eigenvalue weighted by atomic mass is 32.1. The average molecular weight is 197 g/mol. The first-order valence-corrected chi connectivity index (χ1v) is 5.20. The summed E-state index contributed by atoms with van der Waals surface area (Å²) in [7, 11) is 0. The van der Waals surface area contributed by atoms with Crippen molar-refractivity contribution in [3.8, 4) is 0 Å². The number of aryl methyl sites for hydroxylation is 1. The topological polar surface area (TPSA) is 29.1 Å². The average Bonchev–Trinajstić information content (AvgIpc) is 2.30. The van der Waals surface area contributed by atoms with Gasteiger partial charge in [-0.05, 0) is 38.6 Å². The highest BCUT2D eigenvalue weighted by Crippen LogP contribution is 2.14. The molecule has 0 aliphatic heterocycles. The molecule has 0 aromatic carbocycles. The van der Waals surface area contributed by atoms with Crippen molar-refractivity contribution in [1.82, 2.24) is 5.32 Å². The van der Waals surface area contributed by atoms with Gasteiger partial charge in [-0.2, -0.15) is 11.3 Å². The molecule has 0 spiro atoms. The molecule has 3 heteroatoms. The van der Waals surface area contributed by atoms with Crippen LogP contribution >= 0.6 is 11.3 Å². The van der Waals surface area contributed by atoms with Crippen LogP contribution in [0.1, 0.15) is 36.7 Å². The van der Waals surface area contributed by atoms with Gasteiger partial charge in [-0.1, -0.05) is 0 Å². The van der Waals surface area contributed by atoms with Gasteiger partial charge in [0.25, 0.3) is 5.91 Å². The molecule has 1 rings (SSSR count). The molecular formula is C10H15NOS. The zero-order valence-electron chi connectivity index (χ0n) is 8.47. The molecule has 0 radical (unpaired) electrons. The first-order chi connectivity index (χ1) is 5.90. The van der Waals surface area contributed by atoms with Crippen LogP contribution in [0.15, 0.2) is 10.8 Å². The lowest BCUT2D eigenvalue weighted by Crippen LogP contribution is -2.40. The summed E-state index contributed by atoms with van der Waals surface area (Å²) in [6.45, 7) is 7.89. The molecule has 0 fully saturated rings. The second-order valence-electron chi connectivity index (χ2n) is 4.17. The third-order valence-corrected chi connectivity index (χ3v) is 2.45. The molecule has 0 bridgehead atoms. The Bertz CT molecular complexity index is 309. The highest BCUT2D eigenvalue weighted by molar-refractivity contribution is 7.08. The second kappa shape index (κ2) is 3.50. The first-order valence-electron chi connectivity index (χ1n) is 4.25. The summed E-state index contributed by atoms with van der Waals surface area (Å²) in [5.74, 6) is 0.0197. The van der Waals surface area contributed by atoms with E-state index < -0.39 is 0 Å². The molecule has 1 aromatic rings. The number of thiophene rings is 1. The molecule has 0 aliphatic rings. The minimum atomic E-state index is -0.161. The Hall–Kier alpha value is -0.830. The van der Waals surface area contributed by atoms with Crippen LogP contribution in [0.4, 0.5) is 0 Å². The minimum absolute atomic E-state index is 0.0197. The Morgan fingerprint density at radius 3 is 2.38 bits per heavy atom. The SMILES string of the molecule is Cc1cscc1C(=O)NC(C)(C)C. The van der Waals surface area contributed by atoms with Gasteiger partial charge in [0.15, 0.2) is 0 Å². The fourth-order valence-corrected chi connectivity index (χ4v) is 1.83. The molecule has 13 heavy (non-hydrogen) atoms. The van der Waals surface area contributed by atoms with Crippen LogP contribution in [0.25, 0.3) is 0 Å². The first kappa shape index (κ1) is 10.3. The van der Waals surface area contributed by atoms with E-state index in [0.29, 0.717) is 0 Å². The van der Waals surface area contributed by atoms with Crippen molar-refractivity contribution in [3.63, 3.8) is 0 Å². The maximum Gasteiger partial charge on any atom is 0.252 e. The molecule has 1 N–H and O–H groups in total. The van der Waals surface area contributed by atoms with Crippen LogP contribution < -0.4 is 5.32 Å². The van der Waals surface area contributed by atoms with Crippen molar-refractivity contribution in [3.05, 3.63) is 21.9 Å². The van der Waals surface area contributed by atoms with Crippen molar-refractivity contribution in [2.75, 3.05) is 0 Å². The Morgan fingerprint density at radius 1 is 1.38 bits per heavy atom. The van der Waals surface area contributed by atoms with Gasteiger partial charge < -0.3 is 5.32 Å². The predicted octanol–water partition coefficient (Wildman–Crippen LogP) is 2.58. The summed E-state index contributed by atoms with van der Waals surface area (Å²) in [5.41, 5.74) is 1.68. The standard InChI is InChI=1S/C10H15NOS/c1-7-5-13-6-8(7)9(12)11-10(2,3)4/h5-6H,1-4H3,(H,11,12). The summed E-state index contributed by atoms with van der Waals surface area (Å²) in [6.07, 6.45) is 0. The molecule has 0 aliphatic carbocycles. The van der Waals surface area contributed by atoms with Crippen LogP contribution in [0, 0.1) is 6.92 Å². The molecule has 0 unspecified atom stereocenters. The predicted molar refractivity (Wildman–Crippen MR) is 56.3 cm³/mol. The zero-order chi connectivity index (χ0) is 10.1. The fraction of sp³-hybridized carbons (Fsp3) is 0.500. The molecule has 72 valence electrons. The monoisotopic (exact) mass is 197 g/mol. The third kappa shape index (κ3) is 2.84. The molecule has 0 saturated heterocycles. The lowest BCUT2D eigenvalue weighted by atomic mass is 10.1. The van der Waals surface area contributed by atoms with Gasteiger partial charge in [0.1, 0.15) is 0 Å². The van der Waals surface area contributed by atoms with Crippen LogP contribution in [0.2, 0.25) is 0 Å². The smallest absolute Gasteiger partial charge is 0.252 e. The second-order valence-corrected chi connectivity index (χ2v) is 4.92. The van der Waals surface area contributed by atoms with Gasteiger partial charge in [0.05, 0.1) is 5.56 Å². The Kier molecular flexibility index (Phi) is 2.76. The largest absolute Gasteiger partial charge is 0.347 e. The molecular weight excluding hydrogens is 182 g/mol. The minimum Gasteiger partial charge on any atom is -0.347 e. The Balaban J connectivity index is 2.76. The van der Waals surface area contributed by atoms with Crippen molar-refractivity contribution >= 4 is 17.2 Å². The number of carbonyl (C=O) groups excluding carboxylic acids is 1. The molecule has 1 aromatic heterocycles. The molecule has 0 atom stereocenters. The van der Waals surface area contributed by atoms with Crippen LogP contribution in [0.3, 0.4) is 0 Å². The normalized spacial score (nSPS) is 11.4. The van der Waals surface area contributed by atoms with E-state index >= 15 is 0 Å². The number of rotatable bonds is 1. The lowest BCUT2D eigenvalue weighted by Gasteiger charge is -2.20. The highest BCUT2D eigenvalue weighted by Gasteiger charge is 2.16. The van der Waals surface area contributed by atoms with E-state index in [1.807, 2.05) is 38.5 Å². The molecule has 2 nitrogen and oxygen atoms in total. The van der Waals surface area contributed by atoms with Crippen molar-refractivity contribution in [1.29, 1.82) is 0 Å². The van der Waals surface area contributed by atoms with E-state index in [2.05, 4.69) is 5.32 Å². The maximum absolute atomic E-state index is 11.6. The number of hydrogen-bond acceptors (Lipinski definition) is 2. The lowest BCUT2D eigenvalue weighted by molar-refractivity contribution is 0.0919. The van der Waals surface area contributed by atoms with Gasteiger partial charge in [-0.3, -0.25) is 4.79 Å². The van der Waals surface area contributed by atoms with Crippen LogP contribution in [-0.2, 0) is 0 Å². The van der Waals surface area contributed by atoms with E-state index in [0.717, 1.165) is 11.1 Å². The van der Waals surface area contributed by atoms with Crippen LogP contribution in [-0.4, -0.2) is 11.4 Å². The van der Waals surface area contributed by atoms with Crippen molar-refractivity contribution in [2.45, 2.75) is 33.2 Å². The summed E-state index contributed by atoms with van der Waals surface area (Å²) < 4.78 is 0. The van der Waals surface area contributed by atoms with Gasteiger partial charge in [-0.15, -0.1) is 0 Å². The van der Waals surface area contributed by atoms with Gasteiger partial charge in [0.2, 0.25) is 0 Å². The van der Waals surface area contributed by atoms with E-state index in [9.17, 15) is 4.79 Å². The third-order valence-electron chi connectivity index (χ3n) is 1.59. The van der Waals surface area contributed by atoms with Gasteiger partial charge in [-0.25, -0.2) is 0 Å². The Labute approximate surface area is 83.0 Å².